The van der Waals surface area contributed by atoms with Crippen molar-refractivity contribution in [2.75, 3.05) is 32.2 Å². The van der Waals surface area contributed by atoms with Crippen molar-refractivity contribution in [1.29, 1.82) is 0 Å². The number of urea groups is 1. The molecule has 28 heavy (non-hydrogen) atoms. The van der Waals surface area contributed by atoms with Crippen LogP contribution in [0.25, 0.3) is 10.1 Å². The number of anilines is 1. The van der Waals surface area contributed by atoms with Crippen molar-refractivity contribution in [3.63, 3.8) is 0 Å². The minimum atomic E-state index is -0.427. The fourth-order valence-electron chi connectivity index (χ4n) is 2.96. The molecule has 3 rings (SSSR count). The number of amides is 2. The molecule has 1 saturated heterocycles. The molecule has 0 spiro atoms. The van der Waals surface area contributed by atoms with E-state index in [1.165, 1.54) is 18.4 Å². The predicted octanol–water partition coefficient (Wildman–Crippen LogP) is 4.02. The highest BCUT2D eigenvalue weighted by atomic mass is 32.1. The molecule has 1 aromatic carbocycles. The number of hydrogen-bond acceptors (Lipinski definition) is 6. The fraction of sp³-hybridized carbons (Fsp3) is 0.500. The summed E-state index contributed by atoms with van der Waals surface area (Å²) >= 11 is 1.32. The maximum atomic E-state index is 12.2. The van der Waals surface area contributed by atoms with Gasteiger partial charge >= 0.3 is 12.0 Å². The standard InChI is InChI=1S/C20H26N2O5S/c1-12(2)11-27-17-15-9-13(6-7-16(15)28-18(17)19(23)25-3)22-20(24)21-10-14-5-4-8-26-14/h6-7,9,12,14H,4-5,8,10-11H2,1-3H3,(H2,21,22,24). The molecule has 0 radical (unpaired) electrons. The van der Waals surface area contributed by atoms with E-state index in [1.54, 1.807) is 6.07 Å². The van der Waals surface area contributed by atoms with Gasteiger partial charge in [0, 0.05) is 28.9 Å². The summed E-state index contributed by atoms with van der Waals surface area (Å²) in [6, 6.07) is 5.20. The van der Waals surface area contributed by atoms with E-state index in [0.717, 1.165) is 29.5 Å². The van der Waals surface area contributed by atoms with Gasteiger partial charge in [0.05, 0.1) is 19.8 Å². The predicted molar refractivity (Wildman–Crippen MR) is 109 cm³/mol. The van der Waals surface area contributed by atoms with E-state index in [-0.39, 0.29) is 12.1 Å². The van der Waals surface area contributed by atoms with Gasteiger partial charge in [-0.1, -0.05) is 13.8 Å². The lowest BCUT2D eigenvalue weighted by atomic mass is 10.2. The zero-order valence-corrected chi connectivity index (χ0v) is 17.2. The number of carbonyl (C=O) groups excluding carboxylic acids is 2. The third-order valence-electron chi connectivity index (χ3n) is 4.35. The van der Waals surface area contributed by atoms with Gasteiger partial charge in [-0.25, -0.2) is 9.59 Å². The number of fused-ring (bicyclic) bond motifs is 1. The second-order valence-corrected chi connectivity index (χ2v) is 8.19. The number of carbonyl (C=O) groups is 2. The van der Waals surface area contributed by atoms with Gasteiger partial charge in [-0.3, -0.25) is 0 Å². The molecule has 1 fully saturated rings. The normalized spacial score (nSPS) is 16.4. The second-order valence-electron chi connectivity index (χ2n) is 7.14. The van der Waals surface area contributed by atoms with Crippen LogP contribution in [-0.4, -0.2) is 45.0 Å². The van der Waals surface area contributed by atoms with Crippen molar-refractivity contribution in [2.45, 2.75) is 32.8 Å². The topological polar surface area (TPSA) is 85.9 Å². The van der Waals surface area contributed by atoms with Crippen LogP contribution in [0.3, 0.4) is 0 Å². The monoisotopic (exact) mass is 406 g/mol. The first-order valence-corrected chi connectivity index (χ1v) is 10.2. The number of nitrogens with one attached hydrogen (secondary N) is 2. The first kappa shape index (κ1) is 20.4. The van der Waals surface area contributed by atoms with E-state index < -0.39 is 5.97 Å². The summed E-state index contributed by atoms with van der Waals surface area (Å²) < 4.78 is 17.2. The number of methoxy groups -OCH3 is 1. The summed E-state index contributed by atoms with van der Waals surface area (Å²) in [5, 5.41) is 6.44. The highest BCUT2D eigenvalue weighted by molar-refractivity contribution is 7.21. The smallest absolute Gasteiger partial charge is 0.351 e. The van der Waals surface area contributed by atoms with E-state index in [1.807, 2.05) is 26.0 Å². The van der Waals surface area contributed by atoms with Crippen molar-refractivity contribution in [2.24, 2.45) is 5.92 Å². The Morgan fingerprint density at radius 3 is 2.86 bits per heavy atom. The third-order valence-corrected chi connectivity index (χ3v) is 5.48. The maximum Gasteiger partial charge on any atom is 0.351 e. The molecular weight excluding hydrogens is 380 g/mol. The first-order chi connectivity index (χ1) is 13.5. The summed E-state index contributed by atoms with van der Waals surface area (Å²) in [4.78, 5) is 24.8. The number of thiophene rings is 1. The van der Waals surface area contributed by atoms with Crippen molar-refractivity contribution in [3.05, 3.63) is 23.1 Å². The lowest BCUT2D eigenvalue weighted by molar-refractivity contribution is 0.0601. The fourth-order valence-corrected chi connectivity index (χ4v) is 4.01. The Kier molecular flexibility index (Phi) is 6.74. The molecule has 0 saturated carbocycles. The zero-order chi connectivity index (χ0) is 20.1. The Bertz CT molecular complexity index is 842. The molecule has 2 N–H and O–H groups in total. The minimum Gasteiger partial charge on any atom is -0.491 e. The number of rotatable bonds is 7. The Hall–Kier alpha value is -2.32. The van der Waals surface area contributed by atoms with Gasteiger partial charge in [-0.05, 0) is 37.0 Å². The number of esters is 1. The van der Waals surface area contributed by atoms with Crippen LogP contribution in [0.5, 0.6) is 5.75 Å². The van der Waals surface area contributed by atoms with Crippen molar-refractivity contribution in [1.82, 2.24) is 5.32 Å². The lowest BCUT2D eigenvalue weighted by Crippen LogP contribution is -2.34. The maximum absolute atomic E-state index is 12.2. The van der Waals surface area contributed by atoms with E-state index >= 15 is 0 Å². The molecule has 1 aliphatic heterocycles. The largest absolute Gasteiger partial charge is 0.491 e. The average molecular weight is 407 g/mol. The molecule has 7 nitrogen and oxygen atoms in total. The van der Waals surface area contributed by atoms with Gasteiger partial charge in [0.1, 0.15) is 0 Å². The van der Waals surface area contributed by atoms with E-state index in [9.17, 15) is 9.59 Å². The number of benzene rings is 1. The molecular formula is C20H26N2O5S. The van der Waals surface area contributed by atoms with Gasteiger partial charge in [-0.2, -0.15) is 0 Å². The molecule has 1 aliphatic rings. The lowest BCUT2D eigenvalue weighted by Gasteiger charge is -2.12. The van der Waals surface area contributed by atoms with Crippen LogP contribution in [0.1, 0.15) is 36.4 Å². The first-order valence-electron chi connectivity index (χ1n) is 9.42. The molecule has 1 unspecified atom stereocenters. The van der Waals surface area contributed by atoms with Crippen molar-refractivity contribution in [3.8, 4) is 5.75 Å². The highest BCUT2D eigenvalue weighted by Crippen LogP contribution is 2.40. The number of ether oxygens (including phenoxy) is 3. The summed E-state index contributed by atoms with van der Waals surface area (Å²) in [5.41, 5.74) is 0.626. The Labute approximate surface area is 168 Å². The summed E-state index contributed by atoms with van der Waals surface area (Å²) in [5.74, 6) is 0.387. The van der Waals surface area contributed by atoms with Crippen LogP contribution in [0.2, 0.25) is 0 Å². The summed E-state index contributed by atoms with van der Waals surface area (Å²) in [7, 11) is 1.35. The Morgan fingerprint density at radius 1 is 1.36 bits per heavy atom. The summed E-state index contributed by atoms with van der Waals surface area (Å²) in [6.45, 7) is 5.80. The Balaban J connectivity index is 1.77. The minimum absolute atomic E-state index is 0.0868. The quantitative estimate of drug-likeness (QED) is 0.678. The molecule has 2 heterocycles. The molecule has 0 bridgehead atoms. The van der Waals surface area contributed by atoms with Gasteiger partial charge in [0.25, 0.3) is 0 Å². The van der Waals surface area contributed by atoms with E-state index in [4.69, 9.17) is 14.2 Å². The van der Waals surface area contributed by atoms with Crippen molar-refractivity contribution < 1.29 is 23.8 Å². The van der Waals surface area contributed by atoms with Gasteiger partial charge < -0.3 is 24.8 Å². The average Bonchev–Trinajstić information content (AvgIpc) is 3.31. The van der Waals surface area contributed by atoms with Gasteiger partial charge in [0.15, 0.2) is 10.6 Å². The van der Waals surface area contributed by atoms with Crippen LogP contribution in [-0.2, 0) is 9.47 Å². The SMILES string of the molecule is COC(=O)c1sc2ccc(NC(=O)NCC3CCCO3)cc2c1OCC(C)C. The van der Waals surface area contributed by atoms with Crippen LogP contribution in [0.15, 0.2) is 18.2 Å². The molecule has 2 aromatic rings. The molecule has 1 atom stereocenters. The molecule has 0 aliphatic carbocycles. The molecule has 8 heteroatoms. The van der Waals surface area contributed by atoms with Crippen LogP contribution < -0.4 is 15.4 Å². The van der Waals surface area contributed by atoms with Crippen LogP contribution in [0.4, 0.5) is 10.5 Å². The third kappa shape index (κ3) is 4.94. The Morgan fingerprint density at radius 2 is 2.18 bits per heavy atom. The highest BCUT2D eigenvalue weighted by Gasteiger charge is 2.22. The van der Waals surface area contributed by atoms with Crippen LogP contribution >= 0.6 is 11.3 Å². The van der Waals surface area contributed by atoms with Crippen LogP contribution in [0, 0.1) is 5.92 Å². The van der Waals surface area contributed by atoms with E-state index in [2.05, 4.69) is 10.6 Å². The zero-order valence-electron chi connectivity index (χ0n) is 16.4. The molecule has 2 amide bonds. The molecule has 152 valence electrons. The van der Waals surface area contributed by atoms with Gasteiger partial charge in [-0.15, -0.1) is 11.3 Å². The van der Waals surface area contributed by atoms with E-state index in [0.29, 0.717) is 35.4 Å². The van der Waals surface area contributed by atoms with Crippen molar-refractivity contribution >= 4 is 39.1 Å². The second kappa shape index (κ2) is 9.25. The van der Waals surface area contributed by atoms with Gasteiger partial charge in [0.2, 0.25) is 0 Å². The summed E-state index contributed by atoms with van der Waals surface area (Å²) in [6.07, 6.45) is 2.09. The molecule has 1 aromatic heterocycles. The number of hydrogen-bond donors (Lipinski definition) is 2.